The van der Waals surface area contributed by atoms with E-state index in [1.54, 1.807) is 28.2 Å². The summed E-state index contributed by atoms with van der Waals surface area (Å²) in [6.45, 7) is 1.90. The molecule has 4 aromatic heterocycles. The number of nitrogen functional groups attached to an aromatic ring is 1. The van der Waals surface area contributed by atoms with Gasteiger partial charge in [0.1, 0.15) is 17.2 Å². The lowest BCUT2D eigenvalue weighted by Crippen LogP contribution is -2.41. The van der Waals surface area contributed by atoms with E-state index in [2.05, 4.69) is 15.2 Å². The SMILES string of the molecule is CC(=O)c1c(N2CCS(=O)(=O)CC2)nc2c(-c3ccc(-c4cnn(C)c4)nc3)cnn2c1N. The molecule has 0 unspecified atom stereocenters. The Balaban J connectivity index is 1.60. The van der Waals surface area contributed by atoms with E-state index in [1.165, 1.54) is 11.4 Å². The number of Topliss-reactive ketones (excluding diaryl/α,β-unsaturated/α-hetero) is 1. The number of aromatic nitrogens is 6. The molecule has 170 valence electrons. The molecule has 0 aromatic carbocycles. The van der Waals surface area contributed by atoms with Crippen molar-refractivity contribution in [3.05, 3.63) is 42.5 Å². The van der Waals surface area contributed by atoms with Gasteiger partial charge in [-0.1, -0.05) is 6.07 Å². The summed E-state index contributed by atoms with van der Waals surface area (Å²) in [4.78, 5) is 23.5. The summed E-state index contributed by atoms with van der Waals surface area (Å²) in [7, 11) is -1.25. The van der Waals surface area contributed by atoms with Crippen LogP contribution in [0.4, 0.5) is 11.6 Å². The quantitative estimate of drug-likeness (QED) is 0.439. The Morgan fingerprint density at radius 3 is 2.42 bits per heavy atom. The highest BCUT2D eigenvalue weighted by molar-refractivity contribution is 7.91. The molecule has 0 spiro atoms. The molecule has 1 aliphatic rings. The van der Waals surface area contributed by atoms with Crippen LogP contribution in [0.3, 0.4) is 0 Å². The van der Waals surface area contributed by atoms with Crippen LogP contribution >= 0.6 is 0 Å². The van der Waals surface area contributed by atoms with Gasteiger partial charge in [0, 0.05) is 49.2 Å². The molecule has 0 radical (unpaired) electrons. The van der Waals surface area contributed by atoms with E-state index in [4.69, 9.17) is 10.7 Å². The first kappa shape index (κ1) is 21.1. The van der Waals surface area contributed by atoms with Crippen LogP contribution in [0.1, 0.15) is 17.3 Å². The third kappa shape index (κ3) is 3.71. The van der Waals surface area contributed by atoms with E-state index in [-0.39, 0.29) is 41.8 Å². The first-order valence-corrected chi connectivity index (χ1v) is 12.1. The number of hydrogen-bond donors (Lipinski definition) is 1. The second-order valence-corrected chi connectivity index (χ2v) is 10.3. The second-order valence-electron chi connectivity index (χ2n) is 8.02. The van der Waals surface area contributed by atoms with E-state index < -0.39 is 9.84 Å². The van der Waals surface area contributed by atoms with Crippen LogP contribution in [-0.2, 0) is 16.9 Å². The lowest BCUT2D eigenvalue weighted by Gasteiger charge is -2.29. The fraction of sp³-hybridized carbons (Fsp3) is 0.286. The zero-order valence-electron chi connectivity index (χ0n) is 18.1. The van der Waals surface area contributed by atoms with Gasteiger partial charge in [0.15, 0.2) is 21.3 Å². The number of carbonyl (C=O) groups is 1. The molecular formula is C21H22N8O3S. The maximum Gasteiger partial charge on any atom is 0.167 e. The van der Waals surface area contributed by atoms with Gasteiger partial charge in [-0.15, -0.1) is 0 Å². The number of nitrogens with zero attached hydrogens (tertiary/aromatic N) is 7. The van der Waals surface area contributed by atoms with Gasteiger partial charge < -0.3 is 10.6 Å². The predicted molar refractivity (Wildman–Crippen MR) is 124 cm³/mol. The van der Waals surface area contributed by atoms with Crippen LogP contribution in [0.25, 0.3) is 28.0 Å². The smallest absolute Gasteiger partial charge is 0.167 e. The number of pyridine rings is 1. The molecule has 0 aliphatic carbocycles. The molecular weight excluding hydrogens is 444 g/mol. The lowest BCUT2D eigenvalue weighted by molar-refractivity contribution is 0.101. The fourth-order valence-corrected chi connectivity index (χ4v) is 5.18. The summed E-state index contributed by atoms with van der Waals surface area (Å²) >= 11 is 0. The molecule has 11 nitrogen and oxygen atoms in total. The topological polar surface area (TPSA) is 141 Å². The fourth-order valence-electron chi connectivity index (χ4n) is 3.97. The van der Waals surface area contributed by atoms with E-state index in [0.29, 0.717) is 17.0 Å². The van der Waals surface area contributed by atoms with E-state index in [9.17, 15) is 13.2 Å². The molecule has 1 saturated heterocycles. The van der Waals surface area contributed by atoms with Crippen LogP contribution in [-0.4, -0.2) is 68.2 Å². The Bertz CT molecular complexity index is 1470. The molecule has 12 heteroatoms. The highest BCUT2D eigenvalue weighted by atomic mass is 32.2. The summed E-state index contributed by atoms with van der Waals surface area (Å²) < 4.78 is 26.9. The van der Waals surface area contributed by atoms with Crippen LogP contribution in [0.5, 0.6) is 0 Å². The Kier molecular flexibility index (Phi) is 4.89. The maximum atomic E-state index is 12.4. The Hall–Kier alpha value is -3.80. The van der Waals surface area contributed by atoms with Gasteiger partial charge in [-0.2, -0.15) is 14.7 Å². The molecule has 0 atom stereocenters. The van der Waals surface area contributed by atoms with Crippen molar-refractivity contribution < 1.29 is 13.2 Å². The zero-order valence-corrected chi connectivity index (χ0v) is 18.9. The largest absolute Gasteiger partial charge is 0.383 e. The summed E-state index contributed by atoms with van der Waals surface area (Å²) in [6, 6.07) is 3.80. The minimum Gasteiger partial charge on any atom is -0.383 e. The maximum absolute atomic E-state index is 12.4. The molecule has 1 aliphatic heterocycles. The van der Waals surface area contributed by atoms with Crippen molar-refractivity contribution in [2.24, 2.45) is 7.05 Å². The van der Waals surface area contributed by atoms with Gasteiger partial charge in [0.05, 0.1) is 29.6 Å². The van der Waals surface area contributed by atoms with Crippen molar-refractivity contribution in [3.8, 4) is 22.4 Å². The van der Waals surface area contributed by atoms with Crippen LogP contribution in [0.15, 0.2) is 36.9 Å². The van der Waals surface area contributed by atoms with Gasteiger partial charge in [0.2, 0.25) is 0 Å². The lowest BCUT2D eigenvalue weighted by atomic mass is 10.1. The summed E-state index contributed by atoms with van der Waals surface area (Å²) in [6.07, 6.45) is 6.99. The molecule has 1 fully saturated rings. The number of nitrogens with two attached hydrogens (primary N) is 1. The number of rotatable bonds is 4. The Morgan fingerprint density at radius 1 is 1.06 bits per heavy atom. The standard InChI is InChI=1S/C21H22N8O3S/c1-13(30)18-19(22)29-20(26-21(18)28-5-7-33(31,32)8-6-28)16(11-25-29)14-3-4-17(23-9-14)15-10-24-27(2)12-15/h3-4,9-12H,5-8,22H2,1-2H3. The number of carbonyl (C=O) groups excluding carboxylic acids is 1. The molecule has 0 amide bonds. The zero-order chi connectivity index (χ0) is 23.3. The average molecular weight is 467 g/mol. The van der Waals surface area contributed by atoms with E-state index >= 15 is 0 Å². The van der Waals surface area contributed by atoms with Crippen molar-refractivity contribution in [2.75, 3.05) is 35.2 Å². The normalized spacial score (nSPS) is 15.8. The third-order valence-corrected chi connectivity index (χ3v) is 7.34. The first-order chi connectivity index (χ1) is 15.7. The number of ketones is 1. The van der Waals surface area contributed by atoms with Gasteiger partial charge in [-0.05, 0) is 13.0 Å². The molecule has 2 N–H and O–H groups in total. The predicted octanol–water partition coefficient (Wildman–Crippen LogP) is 1.21. The van der Waals surface area contributed by atoms with Gasteiger partial charge in [-0.3, -0.25) is 14.5 Å². The van der Waals surface area contributed by atoms with Crippen LogP contribution in [0, 0.1) is 0 Å². The first-order valence-electron chi connectivity index (χ1n) is 10.3. The van der Waals surface area contributed by atoms with E-state index in [1.807, 2.05) is 25.4 Å². The molecule has 5 rings (SSSR count). The molecule has 4 aromatic rings. The molecule has 0 bridgehead atoms. The Morgan fingerprint density at radius 2 is 1.82 bits per heavy atom. The molecule has 5 heterocycles. The number of aryl methyl sites for hydroxylation is 1. The minimum absolute atomic E-state index is 0.00293. The molecule has 33 heavy (non-hydrogen) atoms. The van der Waals surface area contributed by atoms with Crippen molar-refractivity contribution in [3.63, 3.8) is 0 Å². The number of sulfone groups is 1. The highest BCUT2D eigenvalue weighted by Crippen LogP contribution is 2.32. The van der Waals surface area contributed by atoms with Gasteiger partial charge in [-0.25, -0.2) is 13.4 Å². The van der Waals surface area contributed by atoms with Crippen molar-refractivity contribution >= 4 is 32.9 Å². The van der Waals surface area contributed by atoms with Crippen molar-refractivity contribution in [1.82, 2.24) is 29.4 Å². The Labute approximate surface area is 189 Å². The van der Waals surface area contributed by atoms with Gasteiger partial charge in [0.25, 0.3) is 0 Å². The number of anilines is 2. The monoisotopic (exact) mass is 466 g/mol. The number of hydrogen-bond acceptors (Lipinski definition) is 9. The minimum atomic E-state index is -3.09. The van der Waals surface area contributed by atoms with Gasteiger partial charge >= 0.3 is 0 Å². The van der Waals surface area contributed by atoms with Crippen LogP contribution < -0.4 is 10.6 Å². The second kappa shape index (κ2) is 7.66. The number of fused-ring (bicyclic) bond motifs is 1. The third-order valence-electron chi connectivity index (χ3n) is 5.73. The van der Waals surface area contributed by atoms with Crippen molar-refractivity contribution in [2.45, 2.75) is 6.92 Å². The summed E-state index contributed by atoms with van der Waals surface area (Å²) in [5, 5.41) is 8.52. The average Bonchev–Trinajstić information content (AvgIpc) is 3.40. The highest BCUT2D eigenvalue weighted by Gasteiger charge is 2.28. The van der Waals surface area contributed by atoms with Crippen molar-refractivity contribution in [1.29, 1.82) is 0 Å². The van der Waals surface area contributed by atoms with E-state index in [0.717, 1.165) is 16.8 Å². The summed E-state index contributed by atoms with van der Waals surface area (Å²) in [5.74, 6) is 0.294. The molecule has 0 saturated carbocycles. The van der Waals surface area contributed by atoms with Crippen LogP contribution in [0.2, 0.25) is 0 Å². The summed E-state index contributed by atoms with van der Waals surface area (Å²) in [5.41, 5.74) is 10.2.